The molecule has 0 bridgehead atoms. The molecule has 0 fully saturated rings. The quantitative estimate of drug-likeness (QED) is 0.822. The van der Waals surface area contributed by atoms with Crippen molar-refractivity contribution in [3.8, 4) is 0 Å². The van der Waals surface area contributed by atoms with E-state index in [1.165, 1.54) is 17.3 Å². The van der Waals surface area contributed by atoms with E-state index in [1.54, 1.807) is 11.3 Å². The van der Waals surface area contributed by atoms with Crippen molar-refractivity contribution < 1.29 is 4.79 Å². The number of thioether (sulfide) groups is 1. The number of hydrogen-bond acceptors (Lipinski definition) is 4. The second-order valence-electron chi connectivity index (χ2n) is 5.07. The lowest BCUT2D eigenvalue weighted by atomic mass is 10.0. The average Bonchev–Trinajstić information content (AvgIpc) is 2.90. The molecule has 0 spiro atoms. The van der Waals surface area contributed by atoms with Gasteiger partial charge in [-0.15, -0.1) is 11.3 Å². The highest BCUT2D eigenvalue weighted by molar-refractivity contribution is 8.02. The van der Waals surface area contributed by atoms with Crippen LogP contribution in [0, 0.1) is 6.92 Å². The zero-order valence-electron chi connectivity index (χ0n) is 12.5. The van der Waals surface area contributed by atoms with E-state index in [9.17, 15) is 4.79 Å². The third-order valence-electron chi connectivity index (χ3n) is 3.20. The van der Waals surface area contributed by atoms with Gasteiger partial charge in [0.2, 0.25) is 5.91 Å². The average molecular weight is 320 g/mol. The van der Waals surface area contributed by atoms with Crippen molar-refractivity contribution in [1.29, 1.82) is 0 Å². The summed E-state index contributed by atoms with van der Waals surface area (Å²) < 4.78 is 0.950. The summed E-state index contributed by atoms with van der Waals surface area (Å²) in [6, 6.07) is 10.2. The summed E-state index contributed by atoms with van der Waals surface area (Å²) in [7, 11) is 0. The Morgan fingerprint density at radius 3 is 2.67 bits per heavy atom. The molecule has 1 amide bonds. The van der Waals surface area contributed by atoms with E-state index in [0.717, 1.165) is 10.0 Å². The van der Waals surface area contributed by atoms with Crippen LogP contribution in [0.15, 0.2) is 40.1 Å². The van der Waals surface area contributed by atoms with E-state index in [2.05, 4.69) is 29.4 Å². The van der Waals surface area contributed by atoms with Gasteiger partial charge in [-0.3, -0.25) is 4.79 Å². The predicted octanol–water partition coefficient (Wildman–Crippen LogP) is 3.85. The maximum absolute atomic E-state index is 12.1. The third kappa shape index (κ3) is 4.86. The molecule has 2 unspecified atom stereocenters. The first kappa shape index (κ1) is 16.0. The van der Waals surface area contributed by atoms with Crippen molar-refractivity contribution in [1.82, 2.24) is 10.3 Å². The zero-order chi connectivity index (χ0) is 15.2. The molecule has 21 heavy (non-hydrogen) atoms. The number of thiazole rings is 1. The minimum absolute atomic E-state index is 0.0654. The van der Waals surface area contributed by atoms with Crippen molar-refractivity contribution in [3.63, 3.8) is 0 Å². The summed E-state index contributed by atoms with van der Waals surface area (Å²) in [6.45, 7) is 6.67. The van der Waals surface area contributed by atoms with Crippen molar-refractivity contribution in [2.24, 2.45) is 0 Å². The molecule has 2 rings (SSSR count). The molecule has 0 radical (unpaired) electrons. The Labute approximate surface area is 134 Å². The van der Waals surface area contributed by atoms with Gasteiger partial charge in [-0.1, -0.05) is 49.0 Å². The minimum atomic E-state index is -0.126. The summed E-state index contributed by atoms with van der Waals surface area (Å²) in [6.07, 6.45) is 0. The van der Waals surface area contributed by atoms with Crippen LogP contribution in [0.3, 0.4) is 0 Å². The lowest BCUT2D eigenvalue weighted by Gasteiger charge is -2.15. The van der Waals surface area contributed by atoms with Gasteiger partial charge < -0.3 is 5.32 Å². The zero-order valence-corrected chi connectivity index (χ0v) is 14.1. The Bertz CT molecular complexity index is 583. The van der Waals surface area contributed by atoms with Gasteiger partial charge in [0, 0.05) is 17.6 Å². The largest absolute Gasteiger partial charge is 0.355 e. The first-order valence-electron chi connectivity index (χ1n) is 6.97. The van der Waals surface area contributed by atoms with E-state index in [-0.39, 0.29) is 11.2 Å². The molecule has 1 heterocycles. The van der Waals surface area contributed by atoms with Crippen LogP contribution < -0.4 is 5.32 Å². The van der Waals surface area contributed by atoms with E-state index in [4.69, 9.17) is 0 Å². The van der Waals surface area contributed by atoms with Gasteiger partial charge in [0.1, 0.15) is 0 Å². The molecule has 1 N–H and O–H groups in total. The molecule has 2 aromatic rings. The molecule has 1 aromatic heterocycles. The minimum Gasteiger partial charge on any atom is -0.355 e. The van der Waals surface area contributed by atoms with E-state index < -0.39 is 0 Å². The Morgan fingerprint density at radius 1 is 1.33 bits per heavy atom. The number of rotatable bonds is 6. The monoisotopic (exact) mass is 320 g/mol. The highest BCUT2D eigenvalue weighted by Gasteiger charge is 2.16. The van der Waals surface area contributed by atoms with Gasteiger partial charge in [0.05, 0.1) is 5.25 Å². The van der Waals surface area contributed by atoms with Crippen molar-refractivity contribution in [2.75, 3.05) is 6.54 Å². The van der Waals surface area contributed by atoms with Gasteiger partial charge in [-0.2, -0.15) is 0 Å². The van der Waals surface area contributed by atoms with E-state index in [0.29, 0.717) is 12.5 Å². The Morgan fingerprint density at radius 2 is 2.05 bits per heavy atom. The number of aromatic nitrogens is 1. The van der Waals surface area contributed by atoms with Crippen LogP contribution in [-0.2, 0) is 4.79 Å². The van der Waals surface area contributed by atoms with Gasteiger partial charge in [-0.05, 0) is 25.3 Å². The topological polar surface area (TPSA) is 42.0 Å². The fourth-order valence-electron chi connectivity index (χ4n) is 1.89. The molecule has 2 atom stereocenters. The fraction of sp³-hybridized carbons (Fsp3) is 0.375. The second-order valence-corrected chi connectivity index (χ2v) is 7.52. The number of amides is 1. The highest BCUT2D eigenvalue weighted by Crippen LogP contribution is 2.26. The number of nitrogens with zero attached hydrogens (tertiary/aromatic N) is 1. The molecule has 0 saturated carbocycles. The maximum atomic E-state index is 12.1. The van der Waals surface area contributed by atoms with Crippen molar-refractivity contribution >= 4 is 29.0 Å². The number of carbonyl (C=O) groups is 1. The number of aryl methyl sites for hydroxylation is 1. The Kier molecular flexibility index (Phi) is 5.82. The first-order valence-corrected chi connectivity index (χ1v) is 8.73. The molecule has 5 heteroatoms. The summed E-state index contributed by atoms with van der Waals surface area (Å²) in [4.78, 5) is 16.5. The molecule has 0 aliphatic rings. The molecular weight excluding hydrogens is 300 g/mol. The van der Waals surface area contributed by atoms with Gasteiger partial charge in [-0.25, -0.2) is 4.98 Å². The molecular formula is C16H20N2OS2. The van der Waals surface area contributed by atoms with Gasteiger partial charge in [0.25, 0.3) is 0 Å². The third-order valence-corrected chi connectivity index (χ3v) is 5.39. The van der Waals surface area contributed by atoms with E-state index in [1.807, 2.05) is 37.4 Å². The van der Waals surface area contributed by atoms with Crippen molar-refractivity contribution in [2.45, 2.75) is 36.3 Å². The number of carbonyl (C=O) groups excluding carboxylic acids is 1. The van der Waals surface area contributed by atoms with Gasteiger partial charge in [0.15, 0.2) is 4.34 Å². The summed E-state index contributed by atoms with van der Waals surface area (Å²) in [5.41, 5.74) is 2.25. The van der Waals surface area contributed by atoms with Crippen molar-refractivity contribution in [3.05, 3.63) is 47.0 Å². The highest BCUT2D eigenvalue weighted by atomic mass is 32.2. The Balaban J connectivity index is 1.81. The molecule has 1 aromatic carbocycles. The van der Waals surface area contributed by atoms with Crippen LogP contribution in [0.5, 0.6) is 0 Å². The molecule has 0 saturated heterocycles. The molecule has 0 aliphatic heterocycles. The van der Waals surface area contributed by atoms with Crippen LogP contribution in [0.4, 0.5) is 0 Å². The Hall–Kier alpha value is -1.33. The normalized spacial score (nSPS) is 13.7. The fourth-order valence-corrected chi connectivity index (χ4v) is 3.90. The molecule has 112 valence electrons. The first-order chi connectivity index (χ1) is 10.1. The number of benzene rings is 1. The summed E-state index contributed by atoms with van der Waals surface area (Å²) in [5.74, 6) is 0.380. The molecule has 0 aliphatic carbocycles. The summed E-state index contributed by atoms with van der Waals surface area (Å²) >= 11 is 3.10. The van der Waals surface area contributed by atoms with Crippen LogP contribution in [0.1, 0.15) is 31.0 Å². The van der Waals surface area contributed by atoms with Crippen LogP contribution in [0.25, 0.3) is 0 Å². The predicted molar refractivity (Wildman–Crippen MR) is 90.0 cm³/mol. The van der Waals surface area contributed by atoms with E-state index >= 15 is 0 Å². The smallest absolute Gasteiger partial charge is 0.233 e. The number of nitrogens with one attached hydrogen (secondary N) is 1. The van der Waals surface area contributed by atoms with Crippen LogP contribution in [0.2, 0.25) is 0 Å². The second kappa shape index (κ2) is 7.61. The number of hydrogen-bond donors (Lipinski definition) is 1. The SMILES string of the molecule is Cc1csc(SC(C)C(=O)NCC(C)c2ccccc2)n1. The van der Waals surface area contributed by atoms with Gasteiger partial charge >= 0.3 is 0 Å². The molecule has 3 nitrogen and oxygen atoms in total. The lowest BCUT2D eigenvalue weighted by molar-refractivity contribution is -0.120. The summed E-state index contributed by atoms with van der Waals surface area (Å²) in [5, 5.41) is 4.90. The standard InChI is InChI=1S/C16H20N2OS2/c1-11(14-7-5-4-6-8-14)9-17-15(19)13(3)21-16-18-12(2)10-20-16/h4-8,10-11,13H,9H2,1-3H3,(H,17,19). The lowest BCUT2D eigenvalue weighted by Crippen LogP contribution is -2.33. The van der Waals surface area contributed by atoms with Crippen LogP contribution >= 0.6 is 23.1 Å². The maximum Gasteiger partial charge on any atom is 0.233 e. The van der Waals surface area contributed by atoms with Crippen LogP contribution in [-0.4, -0.2) is 22.7 Å².